The number of hydrogen-bond donors (Lipinski definition) is 2. The quantitative estimate of drug-likeness (QED) is 0.133. The molecule has 3 aromatic carbocycles. The fraction of sp³-hybridized carbons (Fsp3) is 0.455. The van der Waals surface area contributed by atoms with Crippen molar-refractivity contribution in [2.75, 3.05) is 18.0 Å². The molecule has 0 saturated heterocycles. The number of aryl methyl sites for hydroxylation is 1. The molecule has 274 valence electrons. The summed E-state index contributed by atoms with van der Waals surface area (Å²) in [5.74, 6) is -1.30. The number of carbonyl (C=O) groups excluding carboxylic acids is 3. The number of aliphatic carboxylic acids is 1. The first-order chi connectivity index (χ1) is 25.1. The van der Waals surface area contributed by atoms with Gasteiger partial charge in [-0.3, -0.25) is 19.2 Å². The highest BCUT2D eigenvalue weighted by molar-refractivity contribution is 6.13. The zero-order valence-corrected chi connectivity index (χ0v) is 31.0. The highest BCUT2D eigenvalue weighted by atomic mass is 16.4. The first kappa shape index (κ1) is 37.1. The molecule has 1 heterocycles. The Morgan fingerprint density at radius 1 is 0.827 bits per heavy atom. The number of hydrogen-bond acceptors (Lipinski definition) is 6. The third-order valence-electron chi connectivity index (χ3n) is 11.4. The van der Waals surface area contributed by atoms with Crippen molar-refractivity contribution in [3.8, 4) is 22.5 Å². The number of Topliss-reactive ketones (excluding diaryl/α,β-unsaturated/α-hetero) is 2. The fourth-order valence-electron chi connectivity index (χ4n) is 8.51. The van der Waals surface area contributed by atoms with Gasteiger partial charge in [0.15, 0.2) is 5.78 Å². The molecule has 0 radical (unpaired) electrons. The van der Waals surface area contributed by atoms with Gasteiger partial charge in [-0.25, -0.2) is 0 Å². The third-order valence-corrected chi connectivity index (χ3v) is 11.4. The molecule has 52 heavy (non-hydrogen) atoms. The van der Waals surface area contributed by atoms with E-state index in [1.807, 2.05) is 68.4 Å². The Kier molecular flexibility index (Phi) is 11.6. The maximum atomic E-state index is 13.9. The smallest absolute Gasteiger partial charge is 0.306 e. The molecule has 2 aliphatic rings. The van der Waals surface area contributed by atoms with Crippen molar-refractivity contribution in [3.63, 3.8) is 0 Å². The van der Waals surface area contributed by atoms with Crippen LogP contribution < -0.4 is 10.2 Å². The Balaban J connectivity index is 1.32. The summed E-state index contributed by atoms with van der Waals surface area (Å²) >= 11 is 0. The van der Waals surface area contributed by atoms with Crippen LogP contribution in [0.25, 0.3) is 33.4 Å². The van der Waals surface area contributed by atoms with E-state index in [1.165, 1.54) is 0 Å². The number of carbonyl (C=O) groups is 4. The third kappa shape index (κ3) is 7.71. The van der Waals surface area contributed by atoms with E-state index in [0.717, 1.165) is 84.9 Å². The number of carboxylic acids is 1. The lowest BCUT2D eigenvalue weighted by atomic mass is 9.73. The van der Waals surface area contributed by atoms with Crippen molar-refractivity contribution in [3.05, 3.63) is 77.4 Å². The zero-order valence-electron chi connectivity index (χ0n) is 31.0. The van der Waals surface area contributed by atoms with Crippen LogP contribution in [0.15, 0.2) is 65.1 Å². The van der Waals surface area contributed by atoms with Crippen molar-refractivity contribution in [1.29, 1.82) is 0 Å². The average molecular weight is 705 g/mol. The molecule has 0 spiro atoms. The van der Waals surface area contributed by atoms with Gasteiger partial charge in [0.05, 0.1) is 11.5 Å². The Bertz CT molecular complexity index is 1940. The molecule has 2 fully saturated rings. The predicted octanol–water partition coefficient (Wildman–Crippen LogP) is 9.65. The number of furan rings is 1. The Morgan fingerprint density at radius 3 is 2.21 bits per heavy atom. The fourth-order valence-corrected chi connectivity index (χ4v) is 8.51. The summed E-state index contributed by atoms with van der Waals surface area (Å²) in [4.78, 5) is 55.3. The molecule has 2 aliphatic carbocycles. The first-order valence-electron chi connectivity index (χ1n) is 19.3. The van der Waals surface area contributed by atoms with Gasteiger partial charge in [0, 0.05) is 71.7 Å². The normalized spacial score (nSPS) is 20.4. The van der Waals surface area contributed by atoms with E-state index in [9.17, 15) is 24.3 Å². The van der Waals surface area contributed by atoms with Crippen molar-refractivity contribution >= 4 is 40.1 Å². The van der Waals surface area contributed by atoms with Crippen LogP contribution >= 0.6 is 0 Å². The maximum Gasteiger partial charge on any atom is 0.306 e. The van der Waals surface area contributed by atoms with Crippen LogP contribution in [0, 0.1) is 24.7 Å². The van der Waals surface area contributed by atoms with Crippen molar-refractivity contribution in [2.24, 2.45) is 17.8 Å². The number of nitrogens with one attached hydrogen (secondary N) is 1. The average Bonchev–Trinajstić information content (AvgIpc) is 3.53. The van der Waals surface area contributed by atoms with Crippen molar-refractivity contribution < 1.29 is 28.7 Å². The van der Waals surface area contributed by atoms with Gasteiger partial charge in [-0.05, 0) is 76.1 Å². The number of carboxylic acid groups (broad SMARTS) is 1. The standard InChI is InChI=1S/C44H52N2O6/c1-5-38(47)41-35-25-34(37(46(6-2)7-3)26-40(35)52-42(41)28-21-19-27(4)20-22-28)29-14-12-15-31(23-29)43(49)45-36-18-11-10-17-33(36)39(48)24-30-13-8-9-16-32(30)44(50)51/h12,14-15,19-23,25-26,30,32-33,36H,5-11,13,16-18,24H2,1-4H3,(H,45,49)(H,50,51)/t30-,32+,33+,36+/m0/s1. The van der Waals surface area contributed by atoms with Crippen molar-refractivity contribution in [2.45, 2.75) is 97.9 Å². The van der Waals surface area contributed by atoms with E-state index in [2.05, 4.69) is 24.1 Å². The molecular weight excluding hydrogens is 652 g/mol. The number of amides is 1. The van der Waals surface area contributed by atoms with Crippen LogP contribution in [-0.2, 0) is 9.59 Å². The molecule has 2 saturated carbocycles. The van der Waals surface area contributed by atoms with E-state index in [0.29, 0.717) is 41.7 Å². The van der Waals surface area contributed by atoms with Crippen LogP contribution in [-0.4, -0.2) is 47.7 Å². The minimum absolute atomic E-state index is 0.00236. The molecule has 1 aromatic heterocycles. The lowest BCUT2D eigenvalue weighted by Crippen LogP contribution is -2.45. The largest absolute Gasteiger partial charge is 0.481 e. The number of benzene rings is 3. The van der Waals surface area contributed by atoms with Gasteiger partial charge < -0.3 is 19.7 Å². The summed E-state index contributed by atoms with van der Waals surface area (Å²) in [7, 11) is 0. The van der Waals surface area contributed by atoms with Gasteiger partial charge >= 0.3 is 5.97 Å². The zero-order chi connectivity index (χ0) is 36.9. The van der Waals surface area contributed by atoms with E-state index < -0.39 is 11.9 Å². The molecule has 4 aromatic rings. The van der Waals surface area contributed by atoms with Gasteiger partial charge in [0.2, 0.25) is 0 Å². The minimum atomic E-state index is -0.804. The van der Waals surface area contributed by atoms with Crippen molar-refractivity contribution in [1.82, 2.24) is 5.32 Å². The molecule has 0 bridgehead atoms. The Morgan fingerprint density at radius 2 is 1.52 bits per heavy atom. The summed E-state index contributed by atoms with van der Waals surface area (Å²) in [6.07, 6.45) is 7.11. The van der Waals surface area contributed by atoms with Gasteiger partial charge in [0.25, 0.3) is 5.91 Å². The van der Waals surface area contributed by atoms with E-state index >= 15 is 0 Å². The number of fused-ring (bicyclic) bond motifs is 1. The van der Waals surface area contributed by atoms with E-state index in [4.69, 9.17) is 4.42 Å². The summed E-state index contributed by atoms with van der Waals surface area (Å²) in [5.41, 5.74) is 6.38. The minimum Gasteiger partial charge on any atom is -0.481 e. The predicted molar refractivity (Wildman–Crippen MR) is 206 cm³/mol. The number of ketones is 2. The first-order valence-corrected chi connectivity index (χ1v) is 19.3. The molecule has 0 unspecified atom stereocenters. The molecule has 2 N–H and O–H groups in total. The highest BCUT2D eigenvalue weighted by Crippen LogP contribution is 2.42. The molecular formula is C44H52N2O6. The molecule has 4 atom stereocenters. The lowest BCUT2D eigenvalue weighted by Gasteiger charge is -2.34. The second kappa shape index (κ2) is 16.3. The van der Waals surface area contributed by atoms with E-state index in [-0.39, 0.29) is 41.8 Å². The molecule has 8 nitrogen and oxygen atoms in total. The monoisotopic (exact) mass is 704 g/mol. The molecule has 1 amide bonds. The van der Waals surface area contributed by atoms with Gasteiger partial charge in [-0.2, -0.15) is 0 Å². The number of anilines is 1. The summed E-state index contributed by atoms with van der Waals surface area (Å²) in [5, 5.41) is 13.7. The van der Waals surface area contributed by atoms with E-state index in [1.54, 1.807) is 6.07 Å². The van der Waals surface area contributed by atoms with Crippen LogP contribution in [0.4, 0.5) is 5.69 Å². The lowest BCUT2D eigenvalue weighted by molar-refractivity contribution is -0.145. The Hall–Kier alpha value is -4.72. The molecule has 0 aliphatic heterocycles. The van der Waals surface area contributed by atoms with Crippen LogP contribution in [0.2, 0.25) is 0 Å². The summed E-state index contributed by atoms with van der Waals surface area (Å²) in [6, 6.07) is 19.3. The highest BCUT2D eigenvalue weighted by Gasteiger charge is 2.37. The van der Waals surface area contributed by atoms with Crippen LogP contribution in [0.5, 0.6) is 0 Å². The molecule has 8 heteroatoms. The van der Waals surface area contributed by atoms with Gasteiger partial charge in [0.1, 0.15) is 17.1 Å². The van der Waals surface area contributed by atoms with Crippen LogP contribution in [0.3, 0.4) is 0 Å². The maximum absolute atomic E-state index is 13.9. The number of rotatable bonds is 13. The topological polar surface area (TPSA) is 117 Å². The van der Waals surface area contributed by atoms with Gasteiger partial charge in [-0.1, -0.05) is 74.6 Å². The summed E-state index contributed by atoms with van der Waals surface area (Å²) in [6.45, 7) is 9.61. The Labute approximate surface area is 307 Å². The SMILES string of the molecule is CCC(=O)c1c(-c2ccc(C)cc2)oc2cc(N(CC)CC)c(-c3cccc(C(=O)N[C@@H]4CCCC[C@H]4C(=O)C[C@@H]4CCCC[C@H]4C(=O)O)c3)cc12. The summed E-state index contributed by atoms with van der Waals surface area (Å²) < 4.78 is 6.49. The molecule has 6 rings (SSSR count). The van der Waals surface area contributed by atoms with Crippen LogP contribution in [0.1, 0.15) is 111 Å². The second-order valence-electron chi connectivity index (χ2n) is 14.7. The number of nitrogens with zero attached hydrogens (tertiary/aromatic N) is 1. The second-order valence-corrected chi connectivity index (χ2v) is 14.7. The van der Waals surface area contributed by atoms with Gasteiger partial charge in [-0.15, -0.1) is 0 Å².